The molecule has 1 heterocycles. The maximum absolute atomic E-state index is 12.1. The van der Waals surface area contributed by atoms with E-state index >= 15 is 0 Å². The Morgan fingerprint density at radius 3 is 2.64 bits per heavy atom. The van der Waals surface area contributed by atoms with Gasteiger partial charge in [-0.3, -0.25) is 4.79 Å². The van der Waals surface area contributed by atoms with Crippen molar-refractivity contribution in [2.24, 2.45) is 5.10 Å². The molecule has 1 amide bonds. The van der Waals surface area contributed by atoms with Gasteiger partial charge in [0.05, 0.1) is 21.8 Å². The third-order valence-corrected chi connectivity index (χ3v) is 4.14. The molecule has 0 fully saturated rings. The quantitative estimate of drug-likeness (QED) is 0.497. The molecule has 2 aromatic carbocycles. The molecule has 0 spiro atoms. The molecule has 4 nitrogen and oxygen atoms in total. The molecule has 0 aliphatic rings. The van der Waals surface area contributed by atoms with Gasteiger partial charge in [0.2, 0.25) is 0 Å². The lowest BCUT2D eigenvalue weighted by Crippen LogP contribution is -2.18. The first-order chi connectivity index (χ1) is 12.0. The maximum atomic E-state index is 12.1. The summed E-state index contributed by atoms with van der Waals surface area (Å²) in [6.07, 6.45) is 1.42. The highest BCUT2D eigenvalue weighted by Crippen LogP contribution is 2.28. The number of amides is 1. The van der Waals surface area contributed by atoms with Crippen LogP contribution < -0.4 is 5.43 Å². The minimum absolute atomic E-state index is 0.362. The van der Waals surface area contributed by atoms with E-state index in [0.29, 0.717) is 27.1 Å². The number of halogens is 2. The second kappa shape index (κ2) is 7.55. The zero-order valence-electron chi connectivity index (χ0n) is 13.3. The van der Waals surface area contributed by atoms with Gasteiger partial charge in [-0.25, -0.2) is 5.43 Å². The van der Waals surface area contributed by atoms with Crippen molar-refractivity contribution in [1.29, 1.82) is 0 Å². The van der Waals surface area contributed by atoms with Crippen LogP contribution in [0.1, 0.15) is 21.7 Å². The Labute approximate surface area is 155 Å². The molecule has 0 radical (unpaired) electrons. The third-order valence-electron chi connectivity index (χ3n) is 3.49. The van der Waals surface area contributed by atoms with Crippen molar-refractivity contribution in [1.82, 2.24) is 5.43 Å². The molecule has 0 bridgehead atoms. The number of aryl methyl sites for hydroxylation is 1. The van der Waals surface area contributed by atoms with Crippen LogP contribution in [-0.2, 0) is 0 Å². The molecule has 0 aliphatic carbocycles. The highest BCUT2D eigenvalue weighted by Gasteiger charge is 2.10. The molecule has 126 valence electrons. The Morgan fingerprint density at radius 1 is 1.08 bits per heavy atom. The van der Waals surface area contributed by atoms with Crippen LogP contribution in [0.2, 0.25) is 10.0 Å². The van der Waals surface area contributed by atoms with Crippen molar-refractivity contribution in [2.75, 3.05) is 0 Å². The fourth-order valence-corrected chi connectivity index (χ4v) is 2.80. The van der Waals surface area contributed by atoms with Gasteiger partial charge in [0.15, 0.2) is 0 Å². The summed E-state index contributed by atoms with van der Waals surface area (Å²) in [5.41, 5.74) is 4.56. The molecule has 6 heteroatoms. The van der Waals surface area contributed by atoms with Crippen molar-refractivity contribution in [2.45, 2.75) is 6.92 Å². The predicted octanol–water partition coefficient (Wildman–Crippen LogP) is 5.33. The smallest absolute Gasteiger partial charge is 0.272 e. The van der Waals surface area contributed by atoms with Crippen molar-refractivity contribution in [3.05, 3.63) is 81.5 Å². The van der Waals surface area contributed by atoms with Gasteiger partial charge in [-0.05, 0) is 48.9 Å². The highest BCUT2D eigenvalue weighted by atomic mass is 35.5. The van der Waals surface area contributed by atoms with E-state index in [1.54, 1.807) is 30.3 Å². The zero-order chi connectivity index (χ0) is 17.8. The van der Waals surface area contributed by atoms with E-state index in [1.807, 2.05) is 31.2 Å². The van der Waals surface area contributed by atoms with E-state index in [1.165, 1.54) is 6.21 Å². The number of nitrogens with one attached hydrogen (secondary N) is 1. The number of carbonyl (C=O) groups is 1. The molecule has 1 N–H and O–H groups in total. The van der Waals surface area contributed by atoms with Crippen LogP contribution in [0.25, 0.3) is 11.3 Å². The molecule has 3 aromatic rings. The maximum Gasteiger partial charge on any atom is 0.272 e. The van der Waals surface area contributed by atoms with Crippen molar-refractivity contribution >= 4 is 35.3 Å². The Hall–Kier alpha value is -2.56. The van der Waals surface area contributed by atoms with Gasteiger partial charge in [0.1, 0.15) is 11.5 Å². The number of benzene rings is 2. The molecule has 0 saturated carbocycles. The second-order valence-corrected chi connectivity index (χ2v) is 6.18. The van der Waals surface area contributed by atoms with Gasteiger partial charge in [-0.2, -0.15) is 5.10 Å². The average Bonchev–Trinajstić information content (AvgIpc) is 3.03. The Bertz CT molecular complexity index is 948. The molecule has 3 rings (SSSR count). The first-order valence-corrected chi connectivity index (χ1v) is 8.24. The van der Waals surface area contributed by atoms with Crippen molar-refractivity contribution in [3.8, 4) is 11.3 Å². The molecular weight excluding hydrogens is 359 g/mol. The SMILES string of the molecule is Cc1ccc(C(=O)N/N=C\c2ccc(-c3ccccc3Cl)o2)c(Cl)c1. The average molecular weight is 373 g/mol. The zero-order valence-corrected chi connectivity index (χ0v) is 14.8. The van der Waals surface area contributed by atoms with Crippen LogP contribution >= 0.6 is 23.2 Å². The summed E-state index contributed by atoms with van der Waals surface area (Å²) in [7, 11) is 0. The summed E-state index contributed by atoms with van der Waals surface area (Å²) in [5.74, 6) is 0.726. The Kier molecular flexibility index (Phi) is 5.22. The first kappa shape index (κ1) is 17.3. The van der Waals surface area contributed by atoms with Gasteiger partial charge < -0.3 is 4.42 Å². The molecular formula is C19H14Cl2N2O2. The lowest BCUT2D eigenvalue weighted by atomic mass is 10.1. The van der Waals surface area contributed by atoms with Gasteiger partial charge in [-0.15, -0.1) is 0 Å². The Morgan fingerprint density at radius 2 is 1.88 bits per heavy atom. The topological polar surface area (TPSA) is 54.6 Å². The van der Waals surface area contributed by atoms with E-state index < -0.39 is 0 Å². The summed E-state index contributed by atoms with van der Waals surface area (Å²) in [6, 6.07) is 16.1. The summed E-state index contributed by atoms with van der Waals surface area (Å²) in [6.45, 7) is 1.90. The number of hydrazone groups is 1. The standard InChI is InChI=1S/C19H14Cl2N2O2/c1-12-6-8-15(17(21)10-12)19(24)23-22-11-13-7-9-18(25-13)14-4-2-3-5-16(14)20/h2-11H,1H3,(H,23,24)/b22-11-. The van der Waals surface area contributed by atoms with Gasteiger partial charge in [-0.1, -0.05) is 41.4 Å². The monoisotopic (exact) mass is 372 g/mol. The number of carbonyl (C=O) groups excluding carboxylic acids is 1. The van der Waals surface area contributed by atoms with Crippen LogP contribution in [0.5, 0.6) is 0 Å². The van der Waals surface area contributed by atoms with Gasteiger partial charge in [0, 0.05) is 5.56 Å². The highest BCUT2D eigenvalue weighted by molar-refractivity contribution is 6.34. The minimum Gasteiger partial charge on any atom is -0.455 e. The van der Waals surface area contributed by atoms with Crippen LogP contribution in [0, 0.1) is 6.92 Å². The summed E-state index contributed by atoms with van der Waals surface area (Å²) >= 11 is 12.2. The summed E-state index contributed by atoms with van der Waals surface area (Å²) < 4.78 is 5.67. The van der Waals surface area contributed by atoms with Crippen LogP contribution in [0.15, 0.2) is 64.1 Å². The van der Waals surface area contributed by atoms with Crippen molar-refractivity contribution < 1.29 is 9.21 Å². The van der Waals surface area contributed by atoms with E-state index in [-0.39, 0.29) is 5.91 Å². The van der Waals surface area contributed by atoms with Crippen molar-refractivity contribution in [3.63, 3.8) is 0 Å². The third kappa shape index (κ3) is 4.10. The van der Waals surface area contributed by atoms with Crippen LogP contribution in [0.3, 0.4) is 0 Å². The first-order valence-electron chi connectivity index (χ1n) is 7.49. The van der Waals surface area contributed by atoms with E-state index in [2.05, 4.69) is 10.5 Å². The van der Waals surface area contributed by atoms with Gasteiger partial charge >= 0.3 is 0 Å². The molecule has 0 saturated heterocycles. The summed E-state index contributed by atoms with van der Waals surface area (Å²) in [5, 5.41) is 4.88. The van der Waals surface area contributed by atoms with Gasteiger partial charge in [0.25, 0.3) is 5.91 Å². The predicted molar refractivity (Wildman–Crippen MR) is 100 cm³/mol. The van der Waals surface area contributed by atoms with E-state index in [9.17, 15) is 4.79 Å². The number of rotatable bonds is 4. The fourth-order valence-electron chi connectivity index (χ4n) is 2.25. The lowest BCUT2D eigenvalue weighted by Gasteiger charge is -2.03. The normalized spacial score (nSPS) is 11.0. The molecule has 0 unspecified atom stereocenters. The minimum atomic E-state index is -0.390. The number of nitrogens with zero attached hydrogens (tertiary/aromatic N) is 1. The molecule has 0 atom stereocenters. The number of hydrogen-bond donors (Lipinski definition) is 1. The van der Waals surface area contributed by atoms with Crippen LogP contribution in [-0.4, -0.2) is 12.1 Å². The largest absolute Gasteiger partial charge is 0.455 e. The number of hydrogen-bond acceptors (Lipinski definition) is 3. The number of furan rings is 1. The van der Waals surface area contributed by atoms with E-state index in [0.717, 1.165) is 11.1 Å². The summed E-state index contributed by atoms with van der Waals surface area (Å²) in [4.78, 5) is 12.1. The fraction of sp³-hybridized carbons (Fsp3) is 0.0526. The Balaban J connectivity index is 1.69. The molecule has 1 aromatic heterocycles. The lowest BCUT2D eigenvalue weighted by molar-refractivity contribution is 0.0955. The molecule has 25 heavy (non-hydrogen) atoms. The molecule has 0 aliphatic heterocycles. The van der Waals surface area contributed by atoms with E-state index in [4.69, 9.17) is 27.6 Å². The van der Waals surface area contributed by atoms with Crippen LogP contribution in [0.4, 0.5) is 0 Å². The second-order valence-electron chi connectivity index (χ2n) is 5.36.